The van der Waals surface area contributed by atoms with Crippen LogP contribution in [0.25, 0.3) is 0 Å². The second-order valence-electron chi connectivity index (χ2n) is 3.10. The van der Waals surface area contributed by atoms with Crippen molar-refractivity contribution in [3.8, 4) is 0 Å². The van der Waals surface area contributed by atoms with Crippen LogP contribution < -0.4 is 0 Å². The summed E-state index contributed by atoms with van der Waals surface area (Å²) in [5.41, 5.74) is 0. The largest absolute Gasteiger partial charge is 0.479 e. The molecule has 0 heterocycles. The Kier molecular flexibility index (Phi) is 2.81. The number of aliphatic hydroxyl groups is 1. The van der Waals surface area contributed by atoms with Crippen LogP contribution in [0, 0.1) is 5.92 Å². The van der Waals surface area contributed by atoms with E-state index in [1.54, 1.807) is 0 Å². The van der Waals surface area contributed by atoms with Crippen molar-refractivity contribution in [3.05, 3.63) is 0 Å². The van der Waals surface area contributed by atoms with Crippen molar-refractivity contribution in [3.63, 3.8) is 0 Å². The third-order valence-electron chi connectivity index (χ3n) is 2.24. The number of carboxylic acids is 1. The van der Waals surface area contributed by atoms with E-state index in [-0.39, 0.29) is 5.78 Å². The maximum Gasteiger partial charge on any atom is 0.333 e. The molecule has 0 spiro atoms. The van der Waals surface area contributed by atoms with Gasteiger partial charge in [0.05, 0.1) is 5.92 Å². The highest BCUT2D eigenvalue weighted by molar-refractivity contribution is 5.87. The fourth-order valence-corrected chi connectivity index (χ4v) is 1.52. The Labute approximate surface area is 70.2 Å². The van der Waals surface area contributed by atoms with E-state index in [0.717, 1.165) is 12.8 Å². The lowest BCUT2D eigenvalue weighted by Crippen LogP contribution is -2.36. The molecule has 0 radical (unpaired) electrons. The van der Waals surface area contributed by atoms with Crippen LogP contribution >= 0.6 is 0 Å². The number of Topliss-reactive ketones (excluding diaryl/α,β-unsaturated/α-hetero) is 1. The molecule has 0 bridgehead atoms. The Morgan fingerprint density at radius 3 is 2.67 bits per heavy atom. The smallest absolute Gasteiger partial charge is 0.333 e. The molecule has 1 saturated carbocycles. The lowest BCUT2D eigenvalue weighted by molar-refractivity contribution is -0.153. The van der Waals surface area contributed by atoms with Crippen molar-refractivity contribution in [2.45, 2.75) is 31.8 Å². The second kappa shape index (κ2) is 3.67. The number of rotatable bonds is 2. The molecule has 0 aromatic rings. The molecule has 2 atom stereocenters. The van der Waals surface area contributed by atoms with Crippen LogP contribution in [0.1, 0.15) is 25.7 Å². The molecule has 0 amide bonds. The fraction of sp³-hybridized carbons (Fsp3) is 0.750. The van der Waals surface area contributed by atoms with Crippen LogP contribution in [0.3, 0.4) is 0 Å². The number of aliphatic carboxylic acids is 1. The summed E-state index contributed by atoms with van der Waals surface area (Å²) >= 11 is 0. The molecular formula is C8H12O4. The minimum atomic E-state index is -1.50. The molecule has 2 N–H and O–H groups in total. The van der Waals surface area contributed by atoms with Crippen LogP contribution in [0.4, 0.5) is 0 Å². The highest BCUT2D eigenvalue weighted by Gasteiger charge is 2.33. The van der Waals surface area contributed by atoms with Gasteiger partial charge >= 0.3 is 5.97 Å². The fourth-order valence-electron chi connectivity index (χ4n) is 1.52. The minimum absolute atomic E-state index is 0.115. The molecule has 0 saturated heterocycles. The predicted octanol–water partition coefficient (Wildman–Crippen LogP) is 0.191. The summed E-state index contributed by atoms with van der Waals surface area (Å²) in [6.45, 7) is 0. The Hall–Kier alpha value is -0.900. The lowest BCUT2D eigenvalue weighted by atomic mass is 9.84. The Bertz CT molecular complexity index is 199. The van der Waals surface area contributed by atoms with E-state index in [1.165, 1.54) is 0 Å². The molecule has 1 fully saturated rings. The number of ketones is 1. The first-order valence-electron chi connectivity index (χ1n) is 4.06. The van der Waals surface area contributed by atoms with Gasteiger partial charge in [0.2, 0.25) is 0 Å². The highest BCUT2D eigenvalue weighted by Crippen LogP contribution is 2.23. The van der Waals surface area contributed by atoms with Crippen LogP contribution in [-0.4, -0.2) is 28.1 Å². The first-order valence-corrected chi connectivity index (χ1v) is 4.06. The van der Waals surface area contributed by atoms with E-state index in [4.69, 9.17) is 10.2 Å². The maximum atomic E-state index is 11.1. The van der Waals surface area contributed by atoms with Crippen LogP contribution in [0.2, 0.25) is 0 Å². The SMILES string of the molecule is O=C(O)[C@@H](O)[C@H]1CCCCC1=O. The summed E-state index contributed by atoms with van der Waals surface area (Å²) in [5, 5.41) is 17.6. The Morgan fingerprint density at radius 2 is 2.17 bits per heavy atom. The summed E-state index contributed by atoms with van der Waals surface area (Å²) in [5.74, 6) is -2.08. The van der Waals surface area contributed by atoms with E-state index in [1.807, 2.05) is 0 Å². The molecule has 0 aromatic carbocycles. The number of carboxylic acid groups (broad SMARTS) is 1. The maximum absolute atomic E-state index is 11.1. The number of carbonyl (C=O) groups excluding carboxylic acids is 1. The lowest BCUT2D eigenvalue weighted by Gasteiger charge is -2.22. The summed E-state index contributed by atoms with van der Waals surface area (Å²) in [6.07, 6.45) is 1.07. The van der Waals surface area contributed by atoms with Gasteiger partial charge in [-0.1, -0.05) is 6.42 Å². The Morgan fingerprint density at radius 1 is 1.50 bits per heavy atom. The van der Waals surface area contributed by atoms with Gasteiger partial charge in [-0.15, -0.1) is 0 Å². The summed E-state index contributed by atoms with van der Waals surface area (Å²) in [6, 6.07) is 0. The van der Waals surface area contributed by atoms with E-state index in [2.05, 4.69) is 0 Å². The van der Waals surface area contributed by atoms with Gasteiger partial charge in [0.25, 0.3) is 0 Å². The quantitative estimate of drug-likeness (QED) is 0.623. The molecule has 1 aliphatic rings. The van der Waals surface area contributed by atoms with E-state index in [9.17, 15) is 9.59 Å². The molecule has 1 aliphatic carbocycles. The second-order valence-corrected chi connectivity index (χ2v) is 3.10. The van der Waals surface area contributed by atoms with Gasteiger partial charge in [-0.25, -0.2) is 4.79 Å². The molecule has 12 heavy (non-hydrogen) atoms. The molecule has 0 aliphatic heterocycles. The zero-order valence-corrected chi connectivity index (χ0v) is 6.69. The topological polar surface area (TPSA) is 74.6 Å². The highest BCUT2D eigenvalue weighted by atomic mass is 16.4. The molecule has 4 nitrogen and oxygen atoms in total. The molecular weight excluding hydrogens is 160 g/mol. The molecule has 1 rings (SSSR count). The molecule has 0 aromatic heterocycles. The number of aliphatic hydroxyl groups excluding tert-OH is 1. The van der Waals surface area contributed by atoms with Gasteiger partial charge in [0, 0.05) is 6.42 Å². The van der Waals surface area contributed by atoms with Gasteiger partial charge in [0.15, 0.2) is 6.10 Å². The first kappa shape index (κ1) is 9.19. The van der Waals surface area contributed by atoms with Gasteiger partial charge in [0.1, 0.15) is 5.78 Å². The van der Waals surface area contributed by atoms with Gasteiger partial charge in [-0.2, -0.15) is 0 Å². The van der Waals surface area contributed by atoms with Gasteiger partial charge in [-0.3, -0.25) is 4.79 Å². The zero-order valence-electron chi connectivity index (χ0n) is 6.69. The van der Waals surface area contributed by atoms with E-state index < -0.39 is 18.0 Å². The Balaban J connectivity index is 2.59. The van der Waals surface area contributed by atoms with Gasteiger partial charge < -0.3 is 10.2 Å². The molecule has 68 valence electrons. The van der Waals surface area contributed by atoms with E-state index in [0.29, 0.717) is 12.8 Å². The number of hydrogen-bond acceptors (Lipinski definition) is 3. The molecule has 0 unspecified atom stereocenters. The van der Waals surface area contributed by atoms with Crippen LogP contribution in [-0.2, 0) is 9.59 Å². The average Bonchev–Trinajstić information content (AvgIpc) is 2.04. The van der Waals surface area contributed by atoms with E-state index >= 15 is 0 Å². The van der Waals surface area contributed by atoms with Crippen LogP contribution in [0.15, 0.2) is 0 Å². The number of carbonyl (C=O) groups is 2. The molecule has 4 heteroatoms. The third-order valence-corrected chi connectivity index (χ3v) is 2.24. The van der Waals surface area contributed by atoms with Crippen molar-refractivity contribution in [1.82, 2.24) is 0 Å². The predicted molar refractivity (Wildman–Crippen MR) is 40.6 cm³/mol. The monoisotopic (exact) mass is 172 g/mol. The minimum Gasteiger partial charge on any atom is -0.479 e. The van der Waals surface area contributed by atoms with Crippen LogP contribution in [0.5, 0.6) is 0 Å². The summed E-state index contributed by atoms with van der Waals surface area (Å²) in [7, 11) is 0. The zero-order chi connectivity index (χ0) is 9.14. The normalized spacial score (nSPS) is 26.8. The van der Waals surface area contributed by atoms with Gasteiger partial charge in [-0.05, 0) is 12.8 Å². The summed E-state index contributed by atoms with van der Waals surface area (Å²) < 4.78 is 0. The van der Waals surface area contributed by atoms with Crippen molar-refractivity contribution in [2.75, 3.05) is 0 Å². The summed E-state index contributed by atoms with van der Waals surface area (Å²) in [4.78, 5) is 21.5. The van der Waals surface area contributed by atoms with Crippen molar-refractivity contribution in [2.24, 2.45) is 5.92 Å². The van der Waals surface area contributed by atoms with Crippen molar-refractivity contribution < 1.29 is 19.8 Å². The average molecular weight is 172 g/mol. The van der Waals surface area contributed by atoms with Crippen molar-refractivity contribution in [1.29, 1.82) is 0 Å². The first-order chi connectivity index (χ1) is 5.63. The number of hydrogen-bond donors (Lipinski definition) is 2. The van der Waals surface area contributed by atoms with Crippen molar-refractivity contribution >= 4 is 11.8 Å². The third kappa shape index (κ3) is 1.82. The standard InChI is InChI=1S/C8H12O4/c9-6-4-2-1-3-5(6)7(10)8(11)12/h5,7,10H,1-4H2,(H,11,12)/t5-,7-/m0/s1.